The number of rotatable bonds is 6. The summed E-state index contributed by atoms with van der Waals surface area (Å²) in [5.74, 6) is 0.222. The number of nitrogens with one attached hydrogen (secondary N) is 1. The van der Waals surface area contributed by atoms with Crippen LogP contribution < -0.4 is 5.32 Å². The second kappa shape index (κ2) is 8.45. The molecule has 1 aliphatic rings. The number of anilines is 1. The Morgan fingerprint density at radius 1 is 1.18 bits per heavy atom. The van der Waals surface area contributed by atoms with Crippen molar-refractivity contribution < 1.29 is 13.2 Å². The lowest BCUT2D eigenvalue weighted by Gasteiger charge is -2.30. The Morgan fingerprint density at radius 2 is 1.96 bits per heavy atom. The van der Waals surface area contributed by atoms with Gasteiger partial charge in [-0.25, -0.2) is 8.42 Å². The molecular weight excluding hydrogens is 372 g/mol. The molecule has 1 atom stereocenters. The maximum atomic E-state index is 13.0. The van der Waals surface area contributed by atoms with Crippen LogP contribution in [0, 0.1) is 19.8 Å². The molecule has 5 nitrogen and oxygen atoms in total. The van der Waals surface area contributed by atoms with E-state index >= 15 is 0 Å². The lowest BCUT2D eigenvalue weighted by atomic mass is 10.0. The van der Waals surface area contributed by atoms with Gasteiger partial charge in [-0.15, -0.1) is 0 Å². The number of ketones is 1. The topological polar surface area (TPSA) is 66.5 Å². The van der Waals surface area contributed by atoms with Gasteiger partial charge in [0.15, 0.2) is 5.78 Å². The summed E-state index contributed by atoms with van der Waals surface area (Å²) in [6.45, 7) is 7.25. The normalized spacial score (nSPS) is 18.0. The van der Waals surface area contributed by atoms with Gasteiger partial charge < -0.3 is 5.32 Å². The first-order valence-electron chi connectivity index (χ1n) is 9.72. The number of aryl methyl sites for hydroxylation is 2. The fourth-order valence-corrected chi connectivity index (χ4v) is 5.19. The standard InChI is InChI=1S/C22H28N2O3S/c1-16-9-10-18(3)21(12-16)23-14-22(25)19-7-4-8-20(13-19)28(26,27)24-11-5-6-17(2)15-24/h4,7-10,12-13,17,23H,5-6,11,14-15H2,1-3H3. The first-order chi connectivity index (χ1) is 13.3. The first kappa shape index (κ1) is 20.6. The van der Waals surface area contributed by atoms with Crippen molar-refractivity contribution in [3.05, 3.63) is 59.2 Å². The minimum absolute atomic E-state index is 0.120. The highest BCUT2D eigenvalue weighted by molar-refractivity contribution is 7.89. The summed E-state index contributed by atoms with van der Waals surface area (Å²) in [6.07, 6.45) is 1.92. The van der Waals surface area contributed by atoms with Crippen LogP contribution >= 0.6 is 0 Å². The molecule has 2 aromatic rings. The average Bonchev–Trinajstić information content (AvgIpc) is 2.68. The van der Waals surface area contributed by atoms with Crippen LogP contribution in [0.5, 0.6) is 0 Å². The number of carbonyl (C=O) groups is 1. The second-order valence-electron chi connectivity index (χ2n) is 7.73. The highest BCUT2D eigenvalue weighted by Gasteiger charge is 2.29. The van der Waals surface area contributed by atoms with E-state index in [2.05, 4.69) is 12.2 Å². The third-order valence-corrected chi connectivity index (χ3v) is 7.11. The van der Waals surface area contributed by atoms with Crippen molar-refractivity contribution in [2.45, 2.75) is 38.5 Å². The van der Waals surface area contributed by atoms with Crippen LogP contribution in [0.25, 0.3) is 0 Å². The second-order valence-corrected chi connectivity index (χ2v) is 9.67. The van der Waals surface area contributed by atoms with E-state index < -0.39 is 10.0 Å². The van der Waals surface area contributed by atoms with Crippen LogP contribution in [0.15, 0.2) is 47.4 Å². The Labute approximate surface area is 167 Å². The van der Waals surface area contributed by atoms with Gasteiger partial charge in [0.2, 0.25) is 10.0 Å². The number of hydrogen-bond donors (Lipinski definition) is 1. The molecule has 1 aliphatic heterocycles. The van der Waals surface area contributed by atoms with Crippen LogP contribution in [-0.4, -0.2) is 38.1 Å². The van der Waals surface area contributed by atoms with Crippen LogP contribution in [0.1, 0.15) is 41.3 Å². The van der Waals surface area contributed by atoms with Crippen molar-refractivity contribution in [2.75, 3.05) is 25.0 Å². The Bertz CT molecular complexity index is 969. The van der Waals surface area contributed by atoms with E-state index in [1.807, 2.05) is 32.0 Å². The molecular formula is C22H28N2O3S. The Kier molecular flexibility index (Phi) is 6.20. The molecule has 1 fully saturated rings. The molecule has 0 radical (unpaired) electrons. The van der Waals surface area contributed by atoms with Gasteiger partial charge in [0.25, 0.3) is 0 Å². The SMILES string of the molecule is Cc1ccc(C)c(NCC(=O)c2cccc(S(=O)(=O)N3CCCC(C)C3)c2)c1. The van der Waals surface area contributed by atoms with Crippen molar-refractivity contribution in [3.63, 3.8) is 0 Å². The maximum Gasteiger partial charge on any atom is 0.243 e. The van der Waals surface area contributed by atoms with Crippen molar-refractivity contribution in [1.82, 2.24) is 4.31 Å². The van der Waals surface area contributed by atoms with Gasteiger partial charge in [0.1, 0.15) is 0 Å². The zero-order valence-electron chi connectivity index (χ0n) is 16.7. The third-order valence-electron chi connectivity index (χ3n) is 5.25. The average molecular weight is 401 g/mol. The molecule has 2 aromatic carbocycles. The highest BCUT2D eigenvalue weighted by atomic mass is 32.2. The number of nitrogens with zero attached hydrogens (tertiary/aromatic N) is 1. The zero-order chi connectivity index (χ0) is 20.3. The Hall–Kier alpha value is -2.18. The van der Waals surface area contributed by atoms with Gasteiger partial charge >= 0.3 is 0 Å². The molecule has 1 N–H and O–H groups in total. The summed E-state index contributed by atoms with van der Waals surface area (Å²) in [6, 6.07) is 12.4. The van der Waals surface area contributed by atoms with Gasteiger partial charge in [-0.3, -0.25) is 4.79 Å². The Balaban J connectivity index is 1.75. The van der Waals surface area contributed by atoms with Gasteiger partial charge in [-0.2, -0.15) is 4.31 Å². The van der Waals surface area contributed by atoms with Crippen molar-refractivity contribution in [2.24, 2.45) is 5.92 Å². The van der Waals surface area contributed by atoms with E-state index in [9.17, 15) is 13.2 Å². The molecule has 0 saturated carbocycles. The summed E-state index contributed by atoms with van der Waals surface area (Å²) in [4.78, 5) is 12.8. The van der Waals surface area contributed by atoms with Gasteiger partial charge in [0.05, 0.1) is 11.4 Å². The third kappa shape index (κ3) is 4.62. The van der Waals surface area contributed by atoms with Gasteiger partial charge in [0, 0.05) is 24.3 Å². The molecule has 6 heteroatoms. The fourth-order valence-electron chi connectivity index (χ4n) is 3.55. The van der Waals surface area contributed by atoms with E-state index in [0.29, 0.717) is 24.6 Å². The lowest BCUT2D eigenvalue weighted by molar-refractivity contribution is 0.101. The van der Waals surface area contributed by atoms with Crippen LogP contribution in [-0.2, 0) is 10.0 Å². The molecule has 1 unspecified atom stereocenters. The molecule has 0 amide bonds. The molecule has 28 heavy (non-hydrogen) atoms. The van der Waals surface area contributed by atoms with E-state index in [0.717, 1.165) is 29.7 Å². The minimum atomic E-state index is -3.57. The van der Waals surface area contributed by atoms with Crippen LogP contribution in [0.3, 0.4) is 0 Å². The largest absolute Gasteiger partial charge is 0.377 e. The number of hydrogen-bond acceptors (Lipinski definition) is 4. The predicted molar refractivity (Wildman–Crippen MR) is 112 cm³/mol. The number of sulfonamides is 1. The summed E-state index contributed by atoms with van der Waals surface area (Å²) in [5, 5.41) is 3.17. The predicted octanol–water partition coefficient (Wildman–Crippen LogP) is 4.02. The molecule has 1 saturated heterocycles. The van der Waals surface area contributed by atoms with Crippen molar-refractivity contribution in [3.8, 4) is 0 Å². The summed E-state index contributed by atoms with van der Waals surface area (Å²) >= 11 is 0. The first-order valence-corrected chi connectivity index (χ1v) is 11.2. The van der Waals surface area contributed by atoms with Crippen molar-refractivity contribution in [1.29, 1.82) is 0 Å². The summed E-state index contributed by atoms with van der Waals surface area (Å²) in [7, 11) is -3.57. The summed E-state index contributed by atoms with van der Waals surface area (Å²) < 4.78 is 27.5. The minimum Gasteiger partial charge on any atom is -0.377 e. The molecule has 0 aromatic heterocycles. The van der Waals surface area contributed by atoms with E-state index in [-0.39, 0.29) is 17.2 Å². The highest BCUT2D eigenvalue weighted by Crippen LogP contribution is 2.24. The van der Waals surface area contributed by atoms with Crippen LogP contribution in [0.4, 0.5) is 5.69 Å². The molecule has 3 rings (SSSR count). The zero-order valence-corrected chi connectivity index (χ0v) is 17.6. The molecule has 0 aliphatic carbocycles. The number of piperidine rings is 1. The number of Topliss-reactive ketones (excluding diaryl/α,β-unsaturated/α-hetero) is 1. The van der Waals surface area contributed by atoms with E-state index in [4.69, 9.17) is 0 Å². The fraction of sp³-hybridized carbons (Fsp3) is 0.409. The Morgan fingerprint density at radius 3 is 2.71 bits per heavy atom. The lowest BCUT2D eigenvalue weighted by Crippen LogP contribution is -2.39. The van der Waals surface area contributed by atoms with Crippen LogP contribution in [0.2, 0.25) is 0 Å². The quantitative estimate of drug-likeness (QED) is 0.744. The monoisotopic (exact) mass is 400 g/mol. The molecule has 0 spiro atoms. The molecule has 1 heterocycles. The number of benzene rings is 2. The van der Waals surface area contributed by atoms with Gasteiger partial charge in [-0.05, 0) is 61.9 Å². The maximum absolute atomic E-state index is 13.0. The van der Waals surface area contributed by atoms with Gasteiger partial charge in [-0.1, -0.05) is 31.2 Å². The van der Waals surface area contributed by atoms with E-state index in [1.54, 1.807) is 22.5 Å². The molecule has 0 bridgehead atoms. The summed E-state index contributed by atoms with van der Waals surface area (Å²) in [5.41, 5.74) is 3.50. The number of carbonyl (C=O) groups excluding carboxylic acids is 1. The smallest absolute Gasteiger partial charge is 0.243 e. The van der Waals surface area contributed by atoms with Crippen molar-refractivity contribution >= 4 is 21.5 Å². The van der Waals surface area contributed by atoms with E-state index in [1.165, 1.54) is 6.07 Å². The molecule has 150 valence electrons.